The molecule has 1 fully saturated rings. The molecule has 196 valence electrons. The number of aliphatic hydroxyl groups is 2. The third kappa shape index (κ3) is 6.02. The first kappa shape index (κ1) is 27.2. The predicted octanol–water partition coefficient (Wildman–Crippen LogP) is 3.95. The summed E-state index contributed by atoms with van der Waals surface area (Å²) in [5.74, 6) is -1.47. The largest absolute Gasteiger partial charge is 0.394 e. The highest BCUT2D eigenvalue weighted by Gasteiger charge is 2.37. The van der Waals surface area contributed by atoms with Crippen molar-refractivity contribution >= 4 is 49.6 Å². The number of thiazole rings is 1. The fraction of sp³-hybridized carbons (Fsp3) is 0.333. The molecule has 1 amide bonds. The van der Waals surface area contributed by atoms with E-state index in [1.807, 2.05) is 25.1 Å². The topological polar surface area (TPSA) is 114 Å². The Hall–Kier alpha value is -2.84. The van der Waals surface area contributed by atoms with Crippen molar-refractivity contribution in [1.82, 2.24) is 20.0 Å². The van der Waals surface area contributed by atoms with E-state index < -0.39 is 29.9 Å². The van der Waals surface area contributed by atoms with Gasteiger partial charge >= 0.3 is 0 Å². The van der Waals surface area contributed by atoms with Crippen LogP contribution in [0.2, 0.25) is 0 Å². The van der Waals surface area contributed by atoms with Gasteiger partial charge in [-0.3, -0.25) is 4.79 Å². The van der Waals surface area contributed by atoms with Gasteiger partial charge in [-0.2, -0.15) is 0 Å². The summed E-state index contributed by atoms with van der Waals surface area (Å²) in [6, 6.07) is 7.62. The van der Waals surface area contributed by atoms with Gasteiger partial charge in [0.1, 0.15) is 29.5 Å². The van der Waals surface area contributed by atoms with Crippen LogP contribution in [0.15, 0.2) is 46.5 Å². The molecule has 9 nitrogen and oxygen atoms in total. The lowest BCUT2D eigenvalue weighted by Crippen LogP contribution is -2.47. The number of carbonyl (C=O) groups is 1. The number of anilines is 1. The minimum atomic E-state index is -0.959. The number of ether oxygens (including phenoxy) is 1. The monoisotopic (exact) mass is 595 g/mol. The van der Waals surface area contributed by atoms with Crippen molar-refractivity contribution in [2.75, 3.05) is 18.6 Å². The van der Waals surface area contributed by atoms with Crippen molar-refractivity contribution in [2.45, 2.75) is 37.7 Å². The van der Waals surface area contributed by atoms with E-state index in [0.29, 0.717) is 6.42 Å². The molecule has 0 radical (unpaired) electrons. The standard InChI is InChI=1S/C15H16BrF2N3O3.C9H8N2OS/c1-7-2-12(15(23)13(6-22)24-7)21-5-11(19-20-21)8-3-9(17)14(16)10(18)4-8;1-11(6-12)7-2-3-8-9(4-7)13-5-10-8/h3-5,7,12-13,15,22-23H,2,6H2,1H3;2-6H,1H3. The zero-order chi connectivity index (χ0) is 26.7. The van der Waals surface area contributed by atoms with Gasteiger partial charge in [0.25, 0.3) is 0 Å². The van der Waals surface area contributed by atoms with E-state index in [1.165, 1.54) is 10.9 Å². The molecule has 4 aromatic rings. The van der Waals surface area contributed by atoms with Crippen LogP contribution in [-0.2, 0) is 9.53 Å². The lowest BCUT2D eigenvalue weighted by molar-refractivity contribution is -0.150. The van der Waals surface area contributed by atoms with E-state index in [0.717, 1.165) is 34.4 Å². The summed E-state index contributed by atoms with van der Waals surface area (Å²) in [6.45, 7) is 1.52. The molecular weight excluding hydrogens is 572 g/mol. The lowest BCUT2D eigenvalue weighted by Gasteiger charge is -2.37. The number of aromatic nitrogens is 4. The average molecular weight is 596 g/mol. The zero-order valence-electron chi connectivity index (χ0n) is 19.8. The number of amides is 1. The van der Waals surface area contributed by atoms with Gasteiger partial charge in [0.05, 0.1) is 45.1 Å². The van der Waals surface area contributed by atoms with Crippen LogP contribution in [0.5, 0.6) is 0 Å². The fourth-order valence-electron chi connectivity index (χ4n) is 3.98. The second-order valence-electron chi connectivity index (χ2n) is 8.52. The number of hydrogen-bond donors (Lipinski definition) is 2. The molecule has 0 aliphatic carbocycles. The number of carbonyl (C=O) groups excluding carboxylic acids is 1. The summed E-state index contributed by atoms with van der Waals surface area (Å²) >= 11 is 4.40. The Balaban J connectivity index is 0.000000207. The number of aliphatic hydroxyl groups excluding tert-OH is 2. The fourth-order valence-corrected chi connectivity index (χ4v) is 4.91. The van der Waals surface area contributed by atoms with Gasteiger partial charge in [0, 0.05) is 18.3 Å². The van der Waals surface area contributed by atoms with Crippen LogP contribution < -0.4 is 4.90 Å². The normalized spacial score (nSPS) is 21.4. The molecule has 0 spiro atoms. The molecule has 4 unspecified atom stereocenters. The van der Waals surface area contributed by atoms with Crippen molar-refractivity contribution in [2.24, 2.45) is 0 Å². The molecule has 5 rings (SSSR count). The van der Waals surface area contributed by atoms with E-state index in [1.54, 1.807) is 28.8 Å². The van der Waals surface area contributed by atoms with E-state index >= 15 is 0 Å². The minimum Gasteiger partial charge on any atom is -0.394 e. The van der Waals surface area contributed by atoms with Gasteiger partial charge in [0.2, 0.25) is 6.41 Å². The smallest absolute Gasteiger partial charge is 0.213 e. The predicted molar refractivity (Wildman–Crippen MR) is 138 cm³/mol. The molecule has 2 aromatic heterocycles. The molecule has 1 aliphatic heterocycles. The van der Waals surface area contributed by atoms with Gasteiger partial charge in [-0.1, -0.05) is 5.21 Å². The maximum Gasteiger partial charge on any atom is 0.213 e. The van der Waals surface area contributed by atoms with Crippen LogP contribution in [-0.4, -0.2) is 68.6 Å². The van der Waals surface area contributed by atoms with Crippen molar-refractivity contribution < 1.29 is 28.5 Å². The Morgan fingerprint density at radius 2 is 2.03 bits per heavy atom. The molecule has 3 heterocycles. The molecule has 37 heavy (non-hydrogen) atoms. The molecule has 0 saturated carbocycles. The Morgan fingerprint density at radius 3 is 2.70 bits per heavy atom. The first-order chi connectivity index (χ1) is 17.7. The van der Waals surface area contributed by atoms with Crippen molar-refractivity contribution in [3.63, 3.8) is 0 Å². The van der Waals surface area contributed by atoms with Gasteiger partial charge in [0.15, 0.2) is 0 Å². The Kier molecular flexibility index (Phi) is 8.60. The van der Waals surface area contributed by atoms with Crippen molar-refractivity contribution in [3.05, 3.63) is 58.1 Å². The summed E-state index contributed by atoms with van der Waals surface area (Å²) < 4.78 is 35.1. The van der Waals surface area contributed by atoms with Gasteiger partial charge in [-0.25, -0.2) is 18.4 Å². The average Bonchev–Trinajstić information content (AvgIpc) is 3.57. The lowest BCUT2D eigenvalue weighted by atomic mass is 9.96. The van der Waals surface area contributed by atoms with Crippen molar-refractivity contribution in [1.29, 1.82) is 0 Å². The Morgan fingerprint density at radius 1 is 1.30 bits per heavy atom. The number of rotatable bonds is 5. The first-order valence-corrected chi connectivity index (χ1v) is 12.9. The summed E-state index contributed by atoms with van der Waals surface area (Å²) in [7, 11) is 1.73. The number of halogens is 3. The second-order valence-corrected chi connectivity index (χ2v) is 10.2. The molecule has 2 aromatic carbocycles. The van der Waals surface area contributed by atoms with E-state index in [4.69, 9.17) is 4.74 Å². The molecule has 4 atom stereocenters. The third-order valence-electron chi connectivity index (χ3n) is 5.95. The quantitative estimate of drug-likeness (QED) is 0.265. The summed E-state index contributed by atoms with van der Waals surface area (Å²) in [5, 5.41) is 27.5. The number of hydrogen-bond acceptors (Lipinski definition) is 8. The molecule has 2 N–H and O–H groups in total. The van der Waals surface area contributed by atoms with Gasteiger partial charge < -0.3 is 19.8 Å². The zero-order valence-corrected chi connectivity index (χ0v) is 22.2. The molecular formula is C24H24BrF2N5O4S. The highest BCUT2D eigenvalue weighted by molar-refractivity contribution is 9.10. The van der Waals surface area contributed by atoms with E-state index in [2.05, 4.69) is 31.2 Å². The highest BCUT2D eigenvalue weighted by Crippen LogP contribution is 2.31. The van der Waals surface area contributed by atoms with Crippen LogP contribution in [0.1, 0.15) is 19.4 Å². The Labute approximate surface area is 223 Å². The van der Waals surface area contributed by atoms with Crippen LogP contribution in [0, 0.1) is 11.6 Å². The number of benzene rings is 2. The van der Waals surface area contributed by atoms with E-state index in [-0.39, 0.29) is 28.4 Å². The first-order valence-electron chi connectivity index (χ1n) is 11.2. The second kappa shape index (κ2) is 11.7. The highest BCUT2D eigenvalue weighted by atomic mass is 79.9. The van der Waals surface area contributed by atoms with E-state index in [9.17, 15) is 23.8 Å². The minimum absolute atomic E-state index is 0.175. The number of fused-ring (bicyclic) bond motifs is 1. The molecule has 1 aliphatic rings. The summed E-state index contributed by atoms with van der Waals surface area (Å²) in [4.78, 5) is 16.2. The maximum atomic E-state index is 13.7. The van der Waals surface area contributed by atoms with Crippen LogP contribution >= 0.6 is 27.3 Å². The van der Waals surface area contributed by atoms with Crippen molar-refractivity contribution in [3.8, 4) is 11.3 Å². The summed E-state index contributed by atoms with van der Waals surface area (Å²) in [6.07, 6.45) is 0.938. The van der Waals surface area contributed by atoms with Crippen LogP contribution in [0.3, 0.4) is 0 Å². The van der Waals surface area contributed by atoms with Crippen LogP contribution in [0.25, 0.3) is 21.5 Å². The van der Waals surface area contributed by atoms with Gasteiger partial charge in [-0.15, -0.1) is 16.4 Å². The molecule has 1 saturated heterocycles. The number of nitrogens with zero attached hydrogens (tertiary/aromatic N) is 5. The summed E-state index contributed by atoms with van der Waals surface area (Å²) in [5.41, 5.74) is 4.20. The molecule has 0 bridgehead atoms. The van der Waals surface area contributed by atoms with Gasteiger partial charge in [-0.05, 0) is 59.6 Å². The molecule has 13 heteroatoms. The van der Waals surface area contributed by atoms with Crippen LogP contribution in [0.4, 0.5) is 14.5 Å². The maximum absolute atomic E-state index is 13.7. The SMILES string of the molecule is CC1CC(n2cc(-c3cc(F)c(Br)c(F)c3)nn2)C(O)C(CO)O1.CN(C=O)c1ccc2ncsc2c1. The third-order valence-corrected chi connectivity index (χ3v) is 7.49. The Bertz CT molecular complexity index is 1360.